The molecule has 0 aromatic rings. The Morgan fingerprint density at radius 1 is 1.06 bits per heavy atom. The van der Waals surface area contributed by atoms with Crippen molar-refractivity contribution in [3.8, 4) is 0 Å². The Bertz CT molecular complexity index is 262. The van der Waals surface area contributed by atoms with Crippen LogP contribution in [0.1, 0.15) is 57.8 Å². The van der Waals surface area contributed by atoms with E-state index in [-0.39, 0.29) is 0 Å². The Balaban J connectivity index is 1.65. The van der Waals surface area contributed by atoms with Crippen molar-refractivity contribution in [3.05, 3.63) is 0 Å². The van der Waals surface area contributed by atoms with Crippen LogP contribution in [0.25, 0.3) is 0 Å². The molecule has 0 bridgehead atoms. The predicted octanol–water partition coefficient (Wildman–Crippen LogP) is 3.11. The first-order chi connectivity index (χ1) is 8.33. The molecular formula is C15H27NO. The molecule has 0 amide bonds. The summed E-state index contributed by atoms with van der Waals surface area (Å²) >= 11 is 0. The molecule has 98 valence electrons. The summed E-state index contributed by atoms with van der Waals surface area (Å²) in [4.78, 5) is 0. The molecular weight excluding hydrogens is 210 g/mol. The minimum absolute atomic E-state index is 0.332. The van der Waals surface area contributed by atoms with E-state index >= 15 is 0 Å². The Kier molecular flexibility index (Phi) is 3.45. The van der Waals surface area contributed by atoms with Crippen LogP contribution in [0, 0.1) is 11.8 Å². The van der Waals surface area contributed by atoms with E-state index in [0.29, 0.717) is 5.60 Å². The monoisotopic (exact) mass is 237 g/mol. The lowest BCUT2D eigenvalue weighted by Crippen LogP contribution is -2.50. The molecule has 3 atom stereocenters. The molecule has 1 heterocycles. The third-order valence-corrected chi connectivity index (χ3v) is 5.59. The van der Waals surface area contributed by atoms with Gasteiger partial charge in [-0.25, -0.2) is 0 Å². The fourth-order valence-corrected chi connectivity index (χ4v) is 4.43. The molecule has 1 spiro atoms. The Hall–Kier alpha value is -0.0800. The summed E-state index contributed by atoms with van der Waals surface area (Å²) in [6, 6.07) is 0.781. The summed E-state index contributed by atoms with van der Waals surface area (Å²) in [5.41, 5.74) is 0.332. The zero-order valence-corrected chi connectivity index (χ0v) is 11.2. The molecule has 2 heteroatoms. The lowest BCUT2D eigenvalue weighted by molar-refractivity contribution is -0.152. The van der Waals surface area contributed by atoms with E-state index in [2.05, 4.69) is 12.4 Å². The van der Waals surface area contributed by atoms with Crippen molar-refractivity contribution in [1.29, 1.82) is 0 Å². The van der Waals surface area contributed by atoms with E-state index in [9.17, 15) is 0 Å². The van der Waals surface area contributed by atoms with Crippen LogP contribution in [0.5, 0.6) is 0 Å². The fraction of sp³-hybridized carbons (Fsp3) is 1.00. The second-order valence-corrected chi connectivity index (χ2v) is 6.48. The highest BCUT2D eigenvalue weighted by atomic mass is 16.5. The van der Waals surface area contributed by atoms with Crippen LogP contribution in [0.3, 0.4) is 0 Å². The molecule has 1 N–H and O–H groups in total. The van der Waals surface area contributed by atoms with Crippen molar-refractivity contribution in [3.63, 3.8) is 0 Å². The van der Waals surface area contributed by atoms with Crippen molar-refractivity contribution in [1.82, 2.24) is 5.32 Å². The van der Waals surface area contributed by atoms with Crippen LogP contribution in [-0.2, 0) is 4.74 Å². The standard InChI is InChI=1S/C15H27NO/c1-16-14-6-3-2-5-13(14)12-7-10-17-15(11-12)8-4-9-15/h12-14,16H,2-11H2,1H3. The highest BCUT2D eigenvalue weighted by Gasteiger charge is 2.45. The van der Waals surface area contributed by atoms with Crippen molar-refractivity contribution >= 4 is 0 Å². The van der Waals surface area contributed by atoms with Crippen LogP contribution >= 0.6 is 0 Å². The van der Waals surface area contributed by atoms with E-state index < -0.39 is 0 Å². The number of hydrogen-bond acceptors (Lipinski definition) is 2. The fourth-order valence-electron chi connectivity index (χ4n) is 4.43. The first-order valence-electron chi connectivity index (χ1n) is 7.64. The van der Waals surface area contributed by atoms with Crippen molar-refractivity contribution in [2.75, 3.05) is 13.7 Å². The zero-order valence-electron chi connectivity index (χ0n) is 11.2. The topological polar surface area (TPSA) is 21.3 Å². The lowest BCUT2D eigenvalue weighted by Gasteiger charge is -2.50. The maximum Gasteiger partial charge on any atom is 0.0685 e. The number of nitrogens with one attached hydrogen (secondary N) is 1. The SMILES string of the molecule is CNC1CCCCC1C1CCOC2(CCC2)C1. The van der Waals surface area contributed by atoms with Crippen molar-refractivity contribution in [2.24, 2.45) is 11.8 Å². The average Bonchev–Trinajstić information content (AvgIpc) is 2.37. The van der Waals surface area contributed by atoms with Gasteiger partial charge in [0.15, 0.2) is 0 Å². The highest BCUT2D eigenvalue weighted by molar-refractivity contribution is 4.97. The smallest absolute Gasteiger partial charge is 0.0685 e. The quantitative estimate of drug-likeness (QED) is 0.797. The van der Waals surface area contributed by atoms with E-state index in [1.165, 1.54) is 57.8 Å². The summed E-state index contributed by atoms with van der Waals surface area (Å²) in [6.07, 6.45) is 12.5. The molecule has 2 aliphatic carbocycles. The molecule has 3 fully saturated rings. The normalized spacial score (nSPS) is 41.1. The maximum absolute atomic E-state index is 6.07. The molecule has 2 saturated carbocycles. The number of ether oxygens (including phenoxy) is 1. The zero-order chi connectivity index (χ0) is 11.7. The minimum Gasteiger partial charge on any atom is -0.375 e. The largest absolute Gasteiger partial charge is 0.375 e. The van der Waals surface area contributed by atoms with Crippen LogP contribution in [-0.4, -0.2) is 25.3 Å². The van der Waals surface area contributed by atoms with Gasteiger partial charge in [-0.2, -0.15) is 0 Å². The Morgan fingerprint density at radius 2 is 1.88 bits per heavy atom. The maximum atomic E-state index is 6.07. The van der Waals surface area contributed by atoms with Gasteiger partial charge in [-0.15, -0.1) is 0 Å². The molecule has 1 saturated heterocycles. The first-order valence-corrected chi connectivity index (χ1v) is 7.64. The molecule has 0 aromatic carbocycles. The van der Waals surface area contributed by atoms with Crippen LogP contribution in [0.15, 0.2) is 0 Å². The van der Waals surface area contributed by atoms with Crippen molar-refractivity contribution < 1.29 is 4.74 Å². The van der Waals surface area contributed by atoms with E-state index in [1.807, 2.05) is 0 Å². The second-order valence-electron chi connectivity index (χ2n) is 6.48. The molecule has 3 rings (SSSR count). The van der Waals surface area contributed by atoms with E-state index in [4.69, 9.17) is 4.74 Å². The van der Waals surface area contributed by atoms with Gasteiger partial charge >= 0.3 is 0 Å². The van der Waals surface area contributed by atoms with Gasteiger partial charge in [0.1, 0.15) is 0 Å². The van der Waals surface area contributed by atoms with Gasteiger partial charge < -0.3 is 10.1 Å². The van der Waals surface area contributed by atoms with Crippen LogP contribution in [0.2, 0.25) is 0 Å². The second kappa shape index (κ2) is 4.89. The number of hydrogen-bond donors (Lipinski definition) is 1. The molecule has 3 aliphatic rings. The molecule has 2 nitrogen and oxygen atoms in total. The molecule has 1 aliphatic heterocycles. The van der Waals surface area contributed by atoms with Crippen molar-refractivity contribution in [2.45, 2.75) is 69.4 Å². The lowest BCUT2D eigenvalue weighted by atomic mass is 9.65. The van der Waals surface area contributed by atoms with Crippen LogP contribution in [0.4, 0.5) is 0 Å². The highest BCUT2D eigenvalue weighted by Crippen LogP contribution is 2.48. The van der Waals surface area contributed by atoms with Gasteiger partial charge in [0.05, 0.1) is 5.60 Å². The van der Waals surface area contributed by atoms with E-state index in [0.717, 1.165) is 24.5 Å². The summed E-state index contributed by atoms with van der Waals surface area (Å²) in [7, 11) is 2.15. The third kappa shape index (κ3) is 2.26. The summed E-state index contributed by atoms with van der Waals surface area (Å²) in [5.74, 6) is 1.86. The predicted molar refractivity (Wildman–Crippen MR) is 70.1 cm³/mol. The first kappa shape index (κ1) is 12.0. The van der Waals surface area contributed by atoms with Gasteiger partial charge in [-0.05, 0) is 63.8 Å². The Morgan fingerprint density at radius 3 is 2.59 bits per heavy atom. The molecule has 17 heavy (non-hydrogen) atoms. The average molecular weight is 237 g/mol. The van der Waals surface area contributed by atoms with E-state index in [1.54, 1.807) is 0 Å². The van der Waals surface area contributed by atoms with Gasteiger partial charge in [0.2, 0.25) is 0 Å². The van der Waals surface area contributed by atoms with Crippen LogP contribution < -0.4 is 5.32 Å². The van der Waals surface area contributed by atoms with Gasteiger partial charge in [0.25, 0.3) is 0 Å². The van der Waals surface area contributed by atoms with Gasteiger partial charge in [-0.1, -0.05) is 12.8 Å². The number of rotatable bonds is 2. The molecule has 0 radical (unpaired) electrons. The Labute approximate surface area is 105 Å². The van der Waals surface area contributed by atoms with Gasteiger partial charge in [-0.3, -0.25) is 0 Å². The third-order valence-electron chi connectivity index (χ3n) is 5.59. The molecule has 3 unspecified atom stereocenters. The van der Waals surface area contributed by atoms with Gasteiger partial charge in [0, 0.05) is 12.6 Å². The summed E-state index contributed by atoms with van der Waals surface area (Å²) in [5, 5.41) is 3.57. The minimum atomic E-state index is 0.332. The molecule has 0 aromatic heterocycles. The summed E-state index contributed by atoms with van der Waals surface area (Å²) < 4.78 is 6.07. The summed E-state index contributed by atoms with van der Waals surface area (Å²) in [6.45, 7) is 1.03.